The molecule has 0 aromatic rings. The first-order valence-corrected chi connectivity index (χ1v) is 6.44. The van der Waals surface area contributed by atoms with Crippen molar-refractivity contribution in [3.8, 4) is 0 Å². The van der Waals surface area contributed by atoms with Crippen LogP contribution < -0.4 is 5.73 Å². The van der Waals surface area contributed by atoms with Crippen LogP contribution in [0.4, 0.5) is 0 Å². The van der Waals surface area contributed by atoms with Gasteiger partial charge in [0.05, 0.1) is 0 Å². The molecule has 84 valence electrons. The molecule has 2 N–H and O–H groups in total. The Hall–Kier alpha value is -0.560. The number of rotatable bonds is 3. The van der Waals surface area contributed by atoms with Crippen molar-refractivity contribution in [3.05, 3.63) is 23.3 Å². The van der Waals surface area contributed by atoms with Crippen LogP contribution in [0.1, 0.15) is 51.9 Å². The molecule has 0 heterocycles. The van der Waals surface area contributed by atoms with E-state index < -0.39 is 0 Å². The molecule has 1 nitrogen and oxygen atoms in total. The molecule has 0 saturated heterocycles. The highest BCUT2D eigenvalue weighted by Gasteiger charge is 2.27. The number of allylic oxidation sites excluding steroid dienone is 3. The van der Waals surface area contributed by atoms with Gasteiger partial charge >= 0.3 is 0 Å². The van der Waals surface area contributed by atoms with Crippen LogP contribution in [0.2, 0.25) is 0 Å². The van der Waals surface area contributed by atoms with Gasteiger partial charge < -0.3 is 5.73 Å². The third-order valence-electron chi connectivity index (χ3n) is 3.90. The zero-order chi connectivity index (χ0) is 10.7. The molecule has 0 amide bonds. The average Bonchev–Trinajstić information content (AvgIpc) is 2.28. The highest BCUT2D eigenvalue weighted by atomic mass is 14.7. The molecule has 0 aromatic carbocycles. The van der Waals surface area contributed by atoms with Crippen LogP contribution in [-0.4, -0.2) is 6.04 Å². The normalized spacial score (nSPS) is 27.7. The van der Waals surface area contributed by atoms with Crippen LogP contribution in [-0.2, 0) is 0 Å². The lowest BCUT2D eigenvalue weighted by Gasteiger charge is -2.33. The third kappa shape index (κ3) is 2.34. The number of nitrogens with two attached hydrogens (primary N) is 1. The van der Waals surface area contributed by atoms with Gasteiger partial charge in [0.15, 0.2) is 0 Å². The van der Waals surface area contributed by atoms with E-state index >= 15 is 0 Å². The Morgan fingerprint density at radius 2 is 2.20 bits per heavy atom. The summed E-state index contributed by atoms with van der Waals surface area (Å²) in [5, 5.41) is 0. The number of hydrogen-bond acceptors (Lipinski definition) is 1. The maximum atomic E-state index is 6.31. The summed E-state index contributed by atoms with van der Waals surface area (Å²) in [6.07, 6.45) is 13.4. The molecule has 2 rings (SSSR count). The Kier molecular flexibility index (Phi) is 3.63. The Morgan fingerprint density at radius 3 is 3.00 bits per heavy atom. The molecule has 0 bridgehead atoms. The Bertz CT molecular complexity index is 275. The van der Waals surface area contributed by atoms with Crippen molar-refractivity contribution in [1.29, 1.82) is 0 Å². The zero-order valence-corrected chi connectivity index (χ0v) is 9.84. The average molecular weight is 205 g/mol. The summed E-state index contributed by atoms with van der Waals surface area (Å²) in [4.78, 5) is 0. The van der Waals surface area contributed by atoms with E-state index in [0.29, 0.717) is 12.0 Å². The van der Waals surface area contributed by atoms with E-state index in [0.717, 1.165) is 0 Å². The van der Waals surface area contributed by atoms with E-state index in [1.807, 2.05) is 0 Å². The van der Waals surface area contributed by atoms with Gasteiger partial charge in [-0.1, -0.05) is 36.6 Å². The summed E-state index contributed by atoms with van der Waals surface area (Å²) in [6.45, 7) is 2.23. The highest BCUT2D eigenvalue weighted by Crippen LogP contribution is 2.38. The summed E-state index contributed by atoms with van der Waals surface area (Å²) >= 11 is 0. The van der Waals surface area contributed by atoms with E-state index in [-0.39, 0.29) is 0 Å². The van der Waals surface area contributed by atoms with Crippen molar-refractivity contribution >= 4 is 0 Å². The summed E-state index contributed by atoms with van der Waals surface area (Å²) in [7, 11) is 0. The molecule has 2 atom stereocenters. The van der Waals surface area contributed by atoms with Gasteiger partial charge in [0.2, 0.25) is 0 Å². The first-order valence-electron chi connectivity index (χ1n) is 6.44. The van der Waals surface area contributed by atoms with Crippen LogP contribution in [0, 0.1) is 5.92 Å². The lowest BCUT2D eigenvalue weighted by Crippen LogP contribution is -2.33. The molecule has 0 fully saturated rings. The predicted octanol–water partition coefficient (Wildman–Crippen LogP) is 3.56. The van der Waals surface area contributed by atoms with E-state index in [2.05, 4.69) is 19.1 Å². The minimum atomic E-state index is 0.409. The second-order valence-electron chi connectivity index (χ2n) is 4.96. The maximum Gasteiger partial charge on any atom is 0.0105 e. The van der Waals surface area contributed by atoms with Crippen molar-refractivity contribution < 1.29 is 0 Å². The van der Waals surface area contributed by atoms with Crippen molar-refractivity contribution in [2.24, 2.45) is 11.7 Å². The Labute approximate surface area is 93.4 Å². The predicted molar refractivity (Wildman–Crippen MR) is 65.6 cm³/mol. The highest BCUT2D eigenvalue weighted by molar-refractivity contribution is 5.29. The summed E-state index contributed by atoms with van der Waals surface area (Å²) in [6, 6.07) is 0.409. The lowest BCUT2D eigenvalue weighted by molar-refractivity contribution is 0.385. The van der Waals surface area contributed by atoms with Crippen molar-refractivity contribution in [3.63, 3.8) is 0 Å². The van der Waals surface area contributed by atoms with E-state index in [4.69, 9.17) is 5.73 Å². The summed E-state index contributed by atoms with van der Waals surface area (Å²) in [5.74, 6) is 0.693. The van der Waals surface area contributed by atoms with Gasteiger partial charge in [-0.15, -0.1) is 0 Å². The van der Waals surface area contributed by atoms with Crippen molar-refractivity contribution in [1.82, 2.24) is 0 Å². The first kappa shape index (κ1) is 10.9. The minimum absolute atomic E-state index is 0.409. The molecule has 0 radical (unpaired) electrons. The molecule has 2 aliphatic rings. The fourth-order valence-electron chi connectivity index (χ4n) is 3.10. The molecule has 2 unspecified atom stereocenters. The fourth-order valence-corrected chi connectivity index (χ4v) is 3.10. The molecule has 0 aromatic heterocycles. The van der Waals surface area contributed by atoms with Gasteiger partial charge in [0, 0.05) is 6.04 Å². The van der Waals surface area contributed by atoms with Crippen molar-refractivity contribution in [2.45, 2.75) is 57.9 Å². The fraction of sp³-hybridized carbons (Fsp3) is 0.714. The molecule has 1 heteroatoms. The van der Waals surface area contributed by atoms with E-state index in [1.165, 1.54) is 44.9 Å². The molecule has 2 aliphatic carbocycles. The van der Waals surface area contributed by atoms with Crippen LogP contribution in [0.3, 0.4) is 0 Å². The van der Waals surface area contributed by atoms with Gasteiger partial charge in [-0.2, -0.15) is 0 Å². The summed E-state index contributed by atoms with van der Waals surface area (Å²) in [5.41, 5.74) is 9.72. The molecular weight excluding hydrogens is 182 g/mol. The molecule has 0 aliphatic heterocycles. The van der Waals surface area contributed by atoms with Crippen LogP contribution in [0.5, 0.6) is 0 Å². The third-order valence-corrected chi connectivity index (χ3v) is 3.90. The van der Waals surface area contributed by atoms with Gasteiger partial charge in [-0.3, -0.25) is 0 Å². The molecule has 15 heavy (non-hydrogen) atoms. The molecule has 0 saturated carbocycles. The van der Waals surface area contributed by atoms with Gasteiger partial charge in [0.1, 0.15) is 0 Å². The van der Waals surface area contributed by atoms with Crippen LogP contribution in [0.25, 0.3) is 0 Å². The number of hydrogen-bond donors (Lipinski definition) is 1. The second-order valence-corrected chi connectivity index (χ2v) is 4.96. The topological polar surface area (TPSA) is 26.0 Å². The standard InChI is InChI=1S/C14H23N/c1-2-6-14(15)13-10-5-8-11-7-3-4-9-12(11)13/h3-4,13-14H,2,5-10,15H2,1H3. The maximum absolute atomic E-state index is 6.31. The smallest absolute Gasteiger partial charge is 0.0105 e. The zero-order valence-electron chi connectivity index (χ0n) is 9.84. The lowest BCUT2D eigenvalue weighted by atomic mass is 9.74. The SMILES string of the molecule is CCCC(N)C1CCCC2=C1CC=CC2. The van der Waals surface area contributed by atoms with E-state index in [1.54, 1.807) is 11.1 Å². The van der Waals surface area contributed by atoms with Crippen LogP contribution in [0.15, 0.2) is 23.3 Å². The Balaban J connectivity index is 2.10. The van der Waals surface area contributed by atoms with Gasteiger partial charge in [0.25, 0.3) is 0 Å². The quantitative estimate of drug-likeness (QED) is 0.700. The monoisotopic (exact) mass is 205 g/mol. The second kappa shape index (κ2) is 4.98. The molecular formula is C14H23N. The molecule has 0 spiro atoms. The minimum Gasteiger partial charge on any atom is -0.327 e. The van der Waals surface area contributed by atoms with Gasteiger partial charge in [-0.05, 0) is 44.4 Å². The summed E-state index contributed by atoms with van der Waals surface area (Å²) < 4.78 is 0. The van der Waals surface area contributed by atoms with Crippen molar-refractivity contribution in [2.75, 3.05) is 0 Å². The Morgan fingerprint density at radius 1 is 1.40 bits per heavy atom. The van der Waals surface area contributed by atoms with E-state index in [9.17, 15) is 0 Å². The largest absolute Gasteiger partial charge is 0.327 e. The van der Waals surface area contributed by atoms with Crippen LogP contribution >= 0.6 is 0 Å². The first-order chi connectivity index (χ1) is 7.33. The van der Waals surface area contributed by atoms with Gasteiger partial charge in [-0.25, -0.2) is 0 Å².